The van der Waals surface area contributed by atoms with Crippen LogP contribution in [-0.2, 0) is 0 Å². The highest BCUT2D eigenvalue weighted by Crippen LogP contribution is 2.22. The Morgan fingerprint density at radius 2 is 1.73 bits per heavy atom. The molecule has 1 aromatic heterocycles. The Labute approximate surface area is 130 Å². The van der Waals surface area contributed by atoms with Crippen molar-refractivity contribution in [2.75, 3.05) is 13.1 Å². The van der Waals surface area contributed by atoms with Gasteiger partial charge < -0.3 is 4.90 Å². The molecule has 0 saturated carbocycles. The van der Waals surface area contributed by atoms with Gasteiger partial charge in [-0.1, -0.05) is 32.0 Å². The van der Waals surface area contributed by atoms with Gasteiger partial charge >= 0.3 is 0 Å². The number of para-hydroxylation sites is 1. The van der Waals surface area contributed by atoms with E-state index in [9.17, 15) is 4.79 Å². The molecule has 1 saturated heterocycles. The molecule has 2 aromatic rings. The van der Waals surface area contributed by atoms with Crippen LogP contribution in [-0.4, -0.2) is 38.9 Å². The summed E-state index contributed by atoms with van der Waals surface area (Å²) in [6, 6.07) is 9.67. The van der Waals surface area contributed by atoms with E-state index in [0.29, 0.717) is 23.2 Å². The number of benzene rings is 1. The molecule has 1 aromatic carbocycles. The molecule has 1 fully saturated rings. The van der Waals surface area contributed by atoms with Crippen molar-refractivity contribution in [3.05, 3.63) is 41.7 Å². The summed E-state index contributed by atoms with van der Waals surface area (Å²) < 4.78 is 0. The second kappa shape index (κ2) is 5.91. The Kier molecular flexibility index (Phi) is 3.96. The Bertz CT molecular complexity index is 655. The van der Waals surface area contributed by atoms with Crippen LogP contribution in [0.4, 0.5) is 0 Å². The molecule has 0 unspecified atom stereocenters. The molecule has 22 heavy (non-hydrogen) atoms. The maximum absolute atomic E-state index is 12.8. The zero-order chi connectivity index (χ0) is 15.7. The van der Waals surface area contributed by atoms with Gasteiger partial charge in [0.05, 0.1) is 11.4 Å². The zero-order valence-corrected chi connectivity index (χ0v) is 13.4. The molecule has 1 amide bonds. The molecule has 2 atom stereocenters. The van der Waals surface area contributed by atoms with E-state index in [1.807, 2.05) is 42.2 Å². The van der Waals surface area contributed by atoms with Gasteiger partial charge in [-0.05, 0) is 37.3 Å². The lowest BCUT2D eigenvalue weighted by Crippen LogP contribution is -2.43. The second-order valence-electron chi connectivity index (χ2n) is 6.42. The largest absolute Gasteiger partial charge is 0.337 e. The summed E-state index contributed by atoms with van der Waals surface area (Å²) in [5.74, 6) is 1.08. The number of likely N-dealkylation sites (tertiary alicyclic amines) is 1. The number of carbonyl (C=O) groups excluding carboxylic acids is 1. The first kappa shape index (κ1) is 14.8. The number of hydrogen-bond donors (Lipinski definition) is 0. The lowest BCUT2D eigenvalue weighted by Gasteiger charge is -2.34. The summed E-state index contributed by atoms with van der Waals surface area (Å²) >= 11 is 0. The number of amides is 1. The van der Waals surface area contributed by atoms with Crippen LogP contribution in [0.15, 0.2) is 30.3 Å². The molecule has 0 spiro atoms. The van der Waals surface area contributed by atoms with Crippen molar-refractivity contribution in [1.29, 1.82) is 0 Å². The highest BCUT2D eigenvalue weighted by Gasteiger charge is 2.29. The average Bonchev–Trinajstić information content (AvgIpc) is 2.88. The van der Waals surface area contributed by atoms with E-state index >= 15 is 0 Å². The van der Waals surface area contributed by atoms with E-state index in [1.165, 1.54) is 6.42 Å². The molecular formula is C17H22N4O. The molecule has 1 aliphatic heterocycles. The number of piperidine rings is 1. The third kappa shape index (κ3) is 2.89. The topological polar surface area (TPSA) is 51.0 Å². The maximum Gasteiger partial charge on any atom is 0.276 e. The highest BCUT2D eigenvalue weighted by molar-refractivity contribution is 5.93. The first-order chi connectivity index (χ1) is 10.5. The summed E-state index contributed by atoms with van der Waals surface area (Å²) in [7, 11) is 0. The van der Waals surface area contributed by atoms with Crippen LogP contribution < -0.4 is 0 Å². The normalized spacial score (nSPS) is 21.9. The van der Waals surface area contributed by atoms with Gasteiger partial charge in [-0.2, -0.15) is 9.90 Å². The first-order valence-electron chi connectivity index (χ1n) is 7.83. The molecule has 5 nitrogen and oxygen atoms in total. The van der Waals surface area contributed by atoms with Gasteiger partial charge in [0.15, 0.2) is 5.69 Å². The highest BCUT2D eigenvalue weighted by atomic mass is 16.2. The van der Waals surface area contributed by atoms with Crippen molar-refractivity contribution in [2.45, 2.75) is 27.2 Å². The minimum absolute atomic E-state index is 0.00178. The molecule has 0 aliphatic carbocycles. The molecule has 1 aliphatic rings. The predicted octanol–water partition coefficient (Wildman–Crippen LogP) is 2.69. The van der Waals surface area contributed by atoms with Gasteiger partial charge in [-0.15, -0.1) is 5.10 Å². The van der Waals surface area contributed by atoms with Crippen LogP contribution >= 0.6 is 0 Å². The van der Waals surface area contributed by atoms with E-state index < -0.39 is 0 Å². The number of rotatable bonds is 2. The van der Waals surface area contributed by atoms with Crippen LogP contribution in [0.1, 0.15) is 36.5 Å². The van der Waals surface area contributed by atoms with Crippen molar-refractivity contribution in [3.8, 4) is 5.69 Å². The van der Waals surface area contributed by atoms with Crippen molar-refractivity contribution in [3.63, 3.8) is 0 Å². The summed E-state index contributed by atoms with van der Waals surface area (Å²) in [5.41, 5.74) is 2.01. The standard InChI is InChI=1S/C17H22N4O/c1-12-9-13(2)11-20(10-12)17(22)16-14(3)18-21(19-16)15-7-5-4-6-8-15/h4-8,12-13H,9-11H2,1-3H3/t12-,13-/m0/s1. The van der Waals surface area contributed by atoms with E-state index in [2.05, 4.69) is 24.0 Å². The Morgan fingerprint density at radius 1 is 1.09 bits per heavy atom. The lowest BCUT2D eigenvalue weighted by molar-refractivity contribution is 0.0616. The smallest absolute Gasteiger partial charge is 0.276 e. The van der Waals surface area contributed by atoms with Crippen LogP contribution in [0.25, 0.3) is 5.69 Å². The summed E-state index contributed by atoms with van der Waals surface area (Å²) in [6.07, 6.45) is 1.18. The SMILES string of the molecule is Cc1nn(-c2ccccc2)nc1C(=O)N1C[C@@H](C)C[C@H](C)C1. The van der Waals surface area contributed by atoms with E-state index in [4.69, 9.17) is 0 Å². The van der Waals surface area contributed by atoms with Gasteiger partial charge in [-0.25, -0.2) is 0 Å². The Morgan fingerprint density at radius 3 is 2.36 bits per heavy atom. The van der Waals surface area contributed by atoms with Gasteiger partial charge in [0, 0.05) is 13.1 Å². The lowest BCUT2D eigenvalue weighted by atomic mass is 9.92. The maximum atomic E-state index is 12.8. The quantitative estimate of drug-likeness (QED) is 0.856. The van der Waals surface area contributed by atoms with Crippen LogP contribution in [0.2, 0.25) is 0 Å². The molecule has 0 bridgehead atoms. The van der Waals surface area contributed by atoms with Gasteiger partial charge in [0.1, 0.15) is 0 Å². The number of nitrogens with zero attached hydrogens (tertiary/aromatic N) is 4. The predicted molar refractivity (Wildman–Crippen MR) is 84.9 cm³/mol. The fourth-order valence-corrected chi connectivity index (χ4v) is 3.23. The average molecular weight is 298 g/mol. The van der Waals surface area contributed by atoms with Gasteiger partial charge in [-0.3, -0.25) is 4.79 Å². The number of aryl methyl sites for hydroxylation is 1. The van der Waals surface area contributed by atoms with Crippen LogP contribution in [0.3, 0.4) is 0 Å². The fraction of sp³-hybridized carbons (Fsp3) is 0.471. The Balaban J connectivity index is 1.86. The third-order valence-corrected chi connectivity index (χ3v) is 4.13. The summed E-state index contributed by atoms with van der Waals surface area (Å²) in [5, 5.41) is 8.81. The van der Waals surface area contributed by atoms with Crippen molar-refractivity contribution < 1.29 is 4.79 Å². The summed E-state index contributed by atoms with van der Waals surface area (Å²) in [6.45, 7) is 7.85. The minimum Gasteiger partial charge on any atom is -0.337 e. The fourth-order valence-electron chi connectivity index (χ4n) is 3.23. The van der Waals surface area contributed by atoms with Crippen molar-refractivity contribution in [1.82, 2.24) is 19.9 Å². The van der Waals surface area contributed by atoms with E-state index in [-0.39, 0.29) is 5.91 Å². The second-order valence-corrected chi connectivity index (χ2v) is 6.42. The minimum atomic E-state index is -0.00178. The van der Waals surface area contributed by atoms with Gasteiger partial charge in [0.25, 0.3) is 5.91 Å². The molecule has 2 heterocycles. The van der Waals surface area contributed by atoms with Crippen LogP contribution in [0.5, 0.6) is 0 Å². The monoisotopic (exact) mass is 298 g/mol. The number of carbonyl (C=O) groups is 1. The Hall–Kier alpha value is -2.17. The molecule has 5 heteroatoms. The summed E-state index contributed by atoms with van der Waals surface area (Å²) in [4.78, 5) is 16.2. The van der Waals surface area contributed by atoms with Crippen molar-refractivity contribution >= 4 is 5.91 Å². The molecule has 116 valence electrons. The number of hydrogen-bond acceptors (Lipinski definition) is 3. The van der Waals surface area contributed by atoms with Crippen LogP contribution in [0, 0.1) is 18.8 Å². The van der Waals surface area contributed by atoms with Crippen molar-refractivity contribution in [2.24, 2.45) is 11.8 Å². The first-order valence-corrected chi connectivity index (χ1v) is 7.83. The van der Waals surface area contributed by atoms with E-state index in [0.717, 1.165) is 18.8 Å². The van der Waals surface area contributed by atoms with Gasteiger partial charge in [0.2, 0.25) is 0 Å². The molecule has 0 radical (unpaired) electrons. The molecule has 3 rings (SSSR count). The number of aromatic nitrogens is 3. The van der Waals surface area contributed by atoms with E-state index in [1.54, 1.807) is 4.80 Å². The zero-order valence-electron chi connectivity index (χ0n) is 13.4. The third-order valence-electron chi connectivity index (χ3n) is 4.13. The molecule has 0 N–H and O–H groups in total. The molecular weight excluding hydrogens is 276 g/mol.